The summed E-state index contributed by atoms with van der Waals surface area (Å²) in [7, 11) is 1.62. The lowest BCUT2D eigenvalue weighted by Gasteiger charge is -2.35. The van der Waals surface area contributed by atoms with Gasteiger partial charge in [0.15, 0.2) is 0 Å². The third kappa shape index (κ3) is 7.08. The van der Waals surface area contributed by atoms with Gasteiger partial charge in [0.2, 0.25) is 5.88 Å². The van der Waals surface area contributed by atoms with Crippen molar-refractivity contribution in [3.05, 3.63) is 59.3 Å². The molecule has 0 bridgehead atoms. The number of aromatic nitrogens is 1. The number of methoxy groups -OCH3 is 1. The summed E-state index contributed by atoms with van der Waals surface area (Å²) >= 11 is 0. The van der Waals surface area contributed by atoms with Gasteiger partial charge in [-0.05, 0) is 62.1 Å². The van der Waals surface area contributed by atoms with Gasteiger partial charge in [-0.1, -0.05) is 70.4 Å². The standard InChI is InChI=1S/C34H48N2O6/c1-8-40-32(37)29-27(34(4,5)6)30(28(24-17-13-10-14-18-24)36(29)33(38)42-22(2)3)41-21-26-19-25(20-35-31(26)39-7)23-15-11-9-12-16-23/h10,13-14,17-20,22-23,27-30H,8-9,11-12,15-16,21H2,1-7H3/t27-,28+,29+,30+/m1/s1. The van der Waals surface area contributed by atoms with Crippen molar-refractivity contribution in [2.45, 2.75) is 110 Å². The molecule has 2 aromatic rings. The van der Waals surface area contributed by atoms with Crippen LogP contribution >= 0.6 is 0 Å². The topological polar surface area (TPSA) is 87.2 Å². The van der Waals surface area contributed by atoms with Crippen molar-refractivity contribution in [2.75, 3.05) is 13.7 Å². The molecule has 8 heteroatoms. The summed E-state index contributed by atoms with van der Waals surface area (Å²) in [4.78, 5) is 33.6. The van der Waals surface area contributed by atoms with Gasteiger partial charge in [0, 0.05) is 17.7 Å². The molecule has 1 aromatic heterocycles. The van der Waals surface area contributed by atoms with Crippen LogP contribution in [0.2, 0.25) is 0 Å². The molecular weight excluding hydrogens is 532 g/mol. The Morgan fingerprint density at radius 3 is 2.33 bits per heavy atom. The van der Waals surface area contributed by atoms with E-state index in [0.29, 0.717) is 11.8 Å². The van der Waals surface area contributed by atoms with Crippen LogP contribution in [0.5, 0.6) is 5.88 Å². The van der Waals surface area contributed by atoms with Gasteiger partial charge in [0.05, 0.1) is 38.6 Å². The summed E-state index contributed by atoms with van der Waals surface area (Å²) in [6.45, 7) is 12.0. The number of nitrogens with zero attached hydrogens (tertiary/aromatic N) is 2. The highest BCUT2D eigenvalue weighted by Gasteiger charge is 2.59. The van der Waals surface area contributed by atoms with Crippen molar-refractivity contribution in [3.63, 3.8) is 0 Å². The van der Waals surface area contributed by atoms with E-state index in [1.54, 1.807) is 32.8 Å². The molecular formula is C34H48N2O6. The number of pyridine rings is 1. The minimum Gasteiger partial charge on any atom is -0.481 e. The van der Waals surface area contributed by atoms with Crippen LogP contribution in [0.25, 0.3) is 0 Å². The van der Waals surface area contributed by atoms with Crippen LogP contribution in [0.4, 0.5) is 4.79 Å². The Bertz CT molecular complexity index is 1190. The number of carbonyl (C=O) groups is 2. The Labute approximate surface area is 251 Å². The van der Waals surface area contributed by atoms with Crippen molar-refractivity contribution in [3.8, 4) is 5.88 Å². The van der Waals surface area contributed by atoms with E-state index in [1.807, 2.05) is 36.5 Å². The molecule has 1 aromatic carbocycles. The molecule has 0 unspecified atom stereocenters. The first-order valence-electron chi connectivity index (χ1n) is 15.4. The molecule has 42 heavy (non-hydrogen) atoms. The number of likely N-dealkylation sites (tertiary alicyclic amines) is 1. The highest BCUT2D eigenvalue weighted by Crippen LogP contribution is 2.50. The lowest BCUT2D eigenvalue weighted by molar-refractivity contribution is -0.151. The number of esters is 1. The lowest BCUT2D eigenvalue weighted by atomic mass is 9.73. The second kappa shape index (κ2) is 13.9. The number of hydrogen-bond acceptors (Lipinski definition) is 7. The fraction of sp³-hybridized carbons (Fsp3) is 0.618. The van der Waals surface area contributed by atoms with Crippen molar-refractivity contribution < 1.29 is 28.5 Å². The molecule has 2 heterocycles. The Morgan fingerprint density at radius 1 is 1.05 bits per heavy atom. The fourth-order valence-electron chi connectivity index (χ4n) is 6.67. The minimum absolute atomic E-state index is 0.206. The molecule has 8 nitrogen and oxygen atoms in total. The normalized spacial score (nSPS) is 23.2. The molecule has 0 N–H and O–H groups in total. The highest BCUT2D eigenvalue weighted by atomic mass is 16.6. The van der Waals surface area contributed by atoms with Crippen molar-refractivity contribution in [1.82, 2.24) is 9.88 Å². The van der Waals surface area contributed by atoms with E-state index >= 15 is 0 Å². The van der Waals surface area contributed by atoms with Gasteiger partial charge in [0.1, 0.15) is 6.04 Å². The summed E-state index contributed by atoms with van der Waals surface area (Å²) in [5.41, 5.74) is 2.51. The van der Waals surface area contributed by atoms with Crippen LogP contribution in [0, 0.1) is 11.3 Å². The average Bonchev–Trinajstić information content (AvgIpc) is 3.33. The van der Waals surface area contributed by atoms with Crippen LogP contribution in [0.3, 0.4) is 0 Å². The SMILES string of the molecule is CCOC(=O)[C@@H]1[C@@H](C(C)(C)C)[C@H](OCc2cc(C3CCCCC3)cnc2OC)[C@H](c2ccccc2)N1C(=O)OC(C)C. The molecule has 1 saturated carbocycles. The predicted molar refractivity (Wildman–Crippen MR) is 161 cm³/mol. The Balaban J connectivity index is 1.78. The average molecular weight is 581 g/mol. The first kappa shape index (κ1) is 31.8. The van der Waals surface area contributed by atoms with Gasteiger partial charge in [-0.3, -0.25) is 4.90 Å². The zero-order chi connectivity index (χ0) is 30.4. The molecule has 1 saturated heterocycles. The molecule has 2 aliphatic rings. The molecule has 0 radical (unpaired) electrons. The second-order valence-corrected chi connectivity index (χ2v) is 12.8. The molecule has 0 spiro atoms. The van der Waals surface area contributed by atoms with Crippen LogP contribution in [-0.4, -0.2) is 53.9 Å². The summed E-state index contributed by atoms with van der Waals surface area (Å²) in [6.07, 6.45) is 6.54. The molecule has 2 fully saturated rings. The third-order valence-corrected chi connectivity index (χ3v) is 8.47. The van der Waals surface area contributed by atoms with Gasteiger partial charge < -0.3 is 18.9 Å². The number of carbonyl (C=O) groups excluding carboxylic acids is 2. The predicted octanol–water partition coefficient (Wildman–Crippen LogP) is 7.22. The molecule has 4 rings (SSSR count). The maximum Gasteiger partial charge on any atom is 0.411 e. The van der Waals surface area contributed by atoms with Gasteiger partial charge >= 0.3 is 12.1 Å². The number of hydrogen-bond donors (Lipinski definition) is 0. The first-order chi connectivity index (χ1) is 20.1. The van der Waals surface area contributed by atoms with E-state index in [0.717, 1.165) is 24.0 Å². The zero-order valence-corrected chi connectivity index (χ0v) is 26.3. The Hall–Kier alpha value is -3.13. The lowest BCUT2D eigenvalue weighted by Crippen LogP contribution is -2.48. The van der Waals surface area contributed by atoms with E-state index in [4.69, 9.17) is 18.9 Å². The number of ether oxygens (including phenoxy) is 4. The monoisotopic (exact) mass is 580 g/mol. The zero-order valence-electron chi connectivity index (χ0n) is 26.3. The van der Waals surface area contributed by atoms with E-state index in [-0.39, 0.29) is 25.2 Å². The van der Waals surface area contributed by atoms with Crippen molar-refractivity contribution in [1.29, 1.82) is 0 Å². The fourth-order valence-corrected chi connectivity index (χ4v) is 6.67. The molecule has 1 aliphatic carbocycles. The largest absolute Gasteiger partial charge is 0.481 e. The molecule has 4 atom stereocenters. The summed E-state index contributed by atoms with van der Waals surface area (Å²) < 4.78 is 23.8. The minimum atomic E-state index is -0.889. The van der Waals surface area contributed by atoms with Gasteiger partial charge in [0.25, 0.3) is 0 Å². The Kier molecular flexibility index (Phi) is 10.5. The van der Waals surface area contributed by atoms with E-state index < -0.39 is 35.7 Å². The quantitative estimate of drug-likeness (QED) is 0.289. The second-order valence-electron chi connectivity index (χ2n) is 12.8. The maximum atomic E-state index is 13.8. The third-order valence-electron chi connectivity index (χ3n) is 8.47. The number of benzene rings is 1. The van der Waals surface area contributed by atoms with Gasteiger partial charge in [-0.15, -0.1) is 0 Å². The summed E-state index contributed by atoms with van der Waals surface area (Å²) in [5, 5.41) is 0. The Morgan fingerprint density at radius 2 is 1.74 bits per heavy atom. The highest BCUT2D eigenvalue weighted by molar-refractivity contribution is 5.83. The molecule has 1 amide bonds. The van der Waals surface area contributed by atoms with Gasteiger partial charge in [-0.2, -0.15) is 0 Å². The smallest absolute Gasteiger partial charge is 0.411 e. The van der Waals surface area contributed by atoms with E-state index in [1.165, 1.54) is 24.8 Å². The summed E-state index contributed by atoms with van der Waals surface area (Å²) in [6, 6.07) is 10.4. The molecule has 1 aliphatic heterocycles. The number of rotatable bonds is 9. The van der Waals surface area contributed by atoms with Crippen LogP contribution in [0.15, 0.2) is 42.6 Å². The summed E-state index contributed by atoms with van der Waals surface area (Å²) in [5.74, 6) is 0.163. The number of amides is 1. The van der Waals surface area contributed by atoms with E-state index in [2.05, 4.69) is 31.8 Å². The van der Waals surface area contributed by atoms with Crippen LogP contribution in [-0.2, 0) is 25.6 Å². The van der Waals surface area contributed by atoms with Crippen molar-refractivity contribution in [2.24, 2.45) is 11.3 Å². The van der Waals surface area contributed by atoms with Gasteiger partial charge in [-0.25, -0.2) is 14.6 Å². The first-order valence-corrected chi connectivity index (χ1v) is 15.4. The van der Waals surface area contributed by atoms with Crippen LogP contribution in [0.1, 0.15) is 102 Å². The maximum absolute atomic E-state index is 13.8. The van der Waals surface area contributed by atoms with Crippen LogP contribution < -0.4 is 4.74 Å². The van der Waals surface area contributed by atoms with E-state index in [9.17, 15) is 9.59 Å². The molecule has 230 valence electrons. The van der Waals surface area contributed by atoms with Crippen molar-refractivity contribution >= 4 is 12.1 Å².